The van der Waals surface area contributed by atoms with Crippen LogP contribution in [-0.4, -0.2) is 144 Å². The molecule has 0 bridgehead atoms. The van der Waals surface area contributed by atoms with E-state index in [4.69, 9.17) is 9.47 Å². The molecule has 0 unspecified atom stereocenters. The Morgan fingerprint density at radius 1 is 0.484 bits per heavy atom. The van der Waals surface area contributed by atoms with E-state index in [9.17, 15) is 55.9 Å². The van der Waals surface area contributed by atoms with E-state index >= 15 is 0 Å². The number of aliphatic hydroxyl groups excluding tert-OH is 10. The number of carbonyl (C=O) groups is 1. The number of hydrogen-bond acceptors (Lipinski definition) is 13. The maximum Gasteiger partial charge on any atom is 0.251 e. The van der Waals surface area contributed by atoms with Crippen molar-refractivity contribution in [2.45, 2.75) is 299 Å². The lowest BCUT2D eigenvalue weighted by molar-refractivity contribution is -0.303. The van der Waals surface area contributed by atoms with E-state index < -0.39 is 92.5 Å². The molecule has 0 saturated carbocycles. The molecule has 1 aliphatic heterocycles. The Morgan fingerprint density at radius 3 is 1.22 bits per heavy atom. The van der Waals surface area contributed by atoms with Crippen molar-refractivity contribution in [2.75, 3.05) is 13.2 Å². The van der Waals surface area contributed by atoms with E-state index in [2.05, 4.69) is 19.2 Å². The Hall–Kier alpha value is -1.01. The minimum Gasteiger partial charge on any atom is -0.394 e. The third-order valence-electron chi connectivity index (χ3n) is 13.2. The average molecular weight is 922 g/mol. The molecule has 382 valence electrons. The average Bonchev–Trinajstić information content (AvgIpc) is 3.29. The first-order chi connectivity index (χ1) is 30.9. The Morgan fingerprint density at radius 2 is 0.844 bits per heavy atom. The maximum atomic E-state index is 13.2. The molecule has 0 aliphatic carbocycles. The number of ether oxygens (including phenoxy) is 2. The van der Waals surface area contributed by atoms with Crippen LogP contribution < -0.4 is 5.32 Å². The van der Waals surface area contributed by atoms with Crippen LogP contribution in [0.3, 0.4) is 0 Å². The smallest absolute Gasteiger partial charge is 0.251 e. The van der Waals surface area contributed by atoms with Gasteiger partial charge in [-0.15, -0.1) is 0 Å². The lowest BCUT2D eigenvalue weighted by Crippen LogP contribution is -2.61. The van der Waals surface area contributed by atoms with Crippen molar-refractivity contribution in [3.63, 3.8) is 0 Å². The monoisotopic (exact) mass is 922 g/mol. The first-order valence-corrected chi connectivity index (χ1v) is 26.2. The van der Waals surface area contributed by atoms with E-state index in [0.29, 0.717) is 12.8 Å². The summed E-state index contributed by atoms with van der Waals surface area (Å²) in [4.78, 5) is 13.2. The van der Waals surface area contributed by atoms with Gasteiger partial charge in [0.2, 0.25) is 0 Å². The Kier molecular flexibility index (Phi) is 38.1. The van der Waals surface area contributed by atoms with E-state index in [1.165, 1.54) is 135 Å². The summed E-state index contributed by atoms with van der Waals surface area (Å²) in [5.74, 6) is -1.09. The molecule has 14 heteroatoms. The van der Waals surface area contributed by atoms with Gasteiger partial charge in [-0.1, -0.05) is 213 Å². The second kappa shape index (κ2) is 39.9. The Labute approximate surface area is 387 Å². The van der Waals surface area contributed by atoms with E-state index in [0.717, 1.165) is 51.4 Å². The summed E-state index contributed by atoms with van der Waals surface area (Å²) in [7, 11) is 0. The minimum atomic E-state index is -2.00. The summed E-state index contributed by atoms with van der Waals surface area (Å²) >= 11 is 0. The molecular weight excluding hydrogens is 823 g/mol. The van der Waals surface area contributed by atoms with Crippen molar-refractivity contribution >= 4 is 5.91 Å². The lowest BCUT2D eigenvalue weighted by Gasteiger charge is -2.40. The van der Waals surface area contributed by atoms with Crippen LogP contribution >= 0.6 is 0 Å². The van der Waals surface area contributed by atoms with Crippen molar-refractivity contribution in [3.05, 3.63) is 0 Å². The van der Waals surface area contributed by atoms with Crippen molar-refractivity contribution in [3.8, 4) is 0 Å². The number of amides is 1. The number of rotatable bonds is 44. The van der Waals surface area contributed by atoms with Crippen LogP contribution in [0.15, 0.2) is 0 Å². The van der Waals surface area contributed by atoms with Gasteiger partial charge in [0, 0.05) is 0 Å². The number of unbranched alkanes of at least 4 members (excludes halogenated alkanes) is 29. The van der Waals surface area contributed by atoms with Gasteiger partial charge in [-0.25, -0.2) is 0 Å². The maximum absolute atomic E-state index is 13.2. The van der Waals surface area contributed by atoms with Crippen molar-refractivity contribution in [2.24, 2.45) is 0 Å². The molecule has 1 rings (SSSR count). The van der Waals surface area contributed by atoms with Crippen LogP contribution in [0.25, 0.3) is 0 Å². The molecule has 64 heavy (non-hydrogen) atoms. The predicted octanol–water partition coefficient (Wildman–Crippen LogP) is 6.37. The van der Waals surface area contributed by atoms with Crippen LogP contribution in [0, 0.1) is 0 Å². The molecule has 1 heterocycles. The van der Waals surface area contributed by atoms with Crippen LogP contribution in [-0.2, 0) is 14.3 Å². The molecule has 0 aromatic carbocycles. The summed E-state index contributed by atoms with van der Waals surface area (Å²) in [5.41, 5.74) is 0. The Bertz CT molecular complexity index is 1060. The highest BCUT2D eigenvalue weighted by Crippen LogP contribution is 2.24. The first-order valence-electron chi connectivity index (χ1n) is 26.2. The summed E-state index contributed by atoms with van der Waals surface area (Å²) < 4.78 is 10.9. The molecule has 14 nitrogen and oxygen atoms in total. The highest BCUT2D eigenvalue weighted by molar-refractivity contribution is 5.81. The van der Waals surface area contributed by atoms with E-state index in [1.54, 1.807) is 0 Å². The number of aliphatic hydroxyl groups is 10. The zero-order valence-corrected chi connectivity index (χ0v) is 40.4. The third-order valence-corrected chi connectivity index (χ3v) is 13.2. The van der Waals surface area contributed by atoms with E-state index in [-0.39, 0.29) is 12.8 Å². The van der Waals surface area contributed by atoms with E-state index in [1.807, 2.05) is 0 Å². The molecule has 1 fully saturated rings. The predicted molar refractivity (Wildman–Crippen MR) is 251 cm³/mol. The van der Waals surface area contributed by atoms with Gasteiger partial charge in [-0.05, 0) is 12.8 Å². The van der Waals surface area contributed by atoms with Gasteiger partial charge < -0.3 is 65.9 Å². The standard InChI is InChI=1S/C50H99NO13/c1-3-5-7-9-11-13-15-16-17-18-19-20-21-22-23-24-25-27-29-31-33-35-40(54)44(57)49(62)51-38(37-63-50-48(61)47(60)45(58)41(36-52)64-50)42(55)46(59)43(56)39(53)34-32-30-28-26-14-12-10-8-6-4-2/h38-48,50,52-61H,3-37H2,1-2H3,(H,51,62)/t38-,39-,40-,41+,42-,43-,44-,45-,46-,47-,48+,50-/m0/s1. The first kappa shape index (κ1) is 61.0. The molecule has 0 aromatic heterocycles. The van der Waals surface area contributed by atoms with Gasteiger partial charge in [0.05, 0.1) is 31.5 Å². The molecule has 0 aromatic rings. The quantitative estimate of drug-likeness (QED) is 0.0298. The molecule has 1 amide bonds. The molecule has 1 aliphatic rings. The highest BCUT2D eigenvalue weighted by atomic mass is 16.7. The number of hydrogen-bond donors (Lipinski definition) is 11. The van der Waals surface area contributed by atoms with Gasteiger partial charge in [0.25, 0.3) is 5.91 Å². The topological polar surface area (TPSA) is 250 Å². The van der Waals surface area contributed by atoms with Crippen LogP contribution in [0.1, 0.15) is 226 Å². The highest BCUT2D eigenvalue weighted by Gasteiger charge is 2.45. The number of carbonyl (C=O) groups excluding carboxylic acids is 1. The summed E-state index contributed by atoms with van der Waals surface area (Å²) in [6, 6.07) is -1.58. The molecule has 1 saturated heterocycles. The molecule has 0 spiro atoms. The normalized spacial score (nSPS) is 22.5. The van der Waals surface area contributed by atoms with Crippen LogP contribution in [0.2, 0.25) is 0 Å². The van der Waals surface area contributed by atoms with Gasteiger partial charge in [0.1, 0.15) is 42.7 Å². The van der Waals surface area contributed by atoms with Gasteiger partial charge >= 0.3 is 0 Å². The van der Waals surface area contributed by atoms with Crippen LogP contribution in [0.4, 0.5) is 0 Å². The third kappa shape index (κ3) is 27.7. The summed E-state index contributed by atoms with van der Waals surface area (Å²) in [6.45, 7) is 3.01. The van der Waals surface area contributed by atoms with Crippen LogP contribution in [0.5, 0.6) is 0 Å². The fourth-order valence-corrected chi connectivity index (χ4v) is 8.69. The minimum absolute atomic E-state index is 0.148. The number of nitrogens with one attached hydrogen (secondary N) is 1. The summed E-state index contributed by atoms with van der Waals surface area (Å²) in [5, 5.41) is 108. The lowest BCUT2D eigenvalue weighted by atomic mass is 9.94. The van der Waals surface area contributed by atoms with Gasteiger partial charge in [-0.3, -0.25) is 4.79 Å². The second-order valence-corrected chi connectivity index (χ2v) is 19.0. The second-order valence-electron chi connectivity index (χ2n) is 19.0. The summed E-state index contributed by atoms with van der Waals surface area (Å²) in [6.07, 6.45) is 18.4. The van der Waals surface area contributed by atoms with Gasteiger partial charge in [0.15, 0.2) is 12.4 Å². The largest absolute Gasteiger partial charge is 0.394 e. The SMILES string of the molecule is CCCCCCCCCCCCCCCCCCCCCCC[C@H](O)[C@H](O)C(=O)N[C@@H](CO[C@H]1O[C@H](CO)[C@H](O)[C@H](O)[C@H]1O)[C@H](O)[C@H](O)[C@@H](O)[C@@H](O)CCCCCCCCCCCC. The zero-order valence-electron chi connectivity index (χ0n) is 40.4. The fourth-order valence-electron chi connectivity index (χ4n) is 8.69. The Balaban J connectivity index is 2.49. The van der Waals surface area contributed by atoms with Gasteiger partial charge in [-0.2, -0.15) is 0 Å². The van der Waals surface area contributed by atoms with Crippen molar-refractivity contribution < 1.29 is 65.3 Å². The molecule has 11 N–H and O–H groups in total. The molecule has 12 atom stereocenters. The zero-order chi connectivity index (χ0) is 47.4. The van der Waals surface area contributed by atoms with Crippen molar-refractivity contribution in [1.29, 1.82) is 0 Å². The molecule has 0 radical (unpaired) electrons. The molecular formula is C50H99NO13. The fraction of sp³-hybridized carbons (Fsp3) is 0.980. The van der Waals surface area contributed by atoms with Crippen molar-refractivity contribution in [1.82, 2.24) is 5.32 Å².